The molecule has 23 heavy (non-hydrogen) atoms. The van der Waals surface area contributed by atoms with Crippen LogP contribution in [0.1, 0.15) is 25.3 Å². The maximum Gasteiger partial charge on any atom is 0.252 e. The molecule has 1 aliphatic heterocycles. The minimum atomic E-state index is -0.0202. The highest BCUT2D eigenvalue weighted by Gasteiger charge is 2.21. The number of H-pyrrole nitrogens is 1. The van der Waals surface area contributed by atoms with E-state index < -0.39 is 0 Å². The van der Waals surface area contributed by atoms with Gasteiger partial charge in [0.2, 0.25) is 5.91 Å². The quantitative estimate of drug-likeness (QED) is 0.939. The Morgan fingerprint density at radius 2 is 1.91 bits per heavy atom. The topological polar surface area (TPSA) is 56.4 Å². The highest BCUT2D eigenvalue weighted by Crippen LogP contribution is 2.13. The average Bonchev–Trinajstić information content (AvgIpc) is 2.56. The first-order valence-corrected chi connectivity index (χ1v) is 8.28. The number of nitrogens with one attached hydrogen (secondary N) is 1. The third-order valence-corrected chi connectivity index (χ3v) is 4.41. The van der Waals surface area contributed by atoms with Crippen molar-refractivity contribution in [3.8, 4) is 0 Å². The molecule has 5 heteroatoms. The minimum Gasteiger partial charge on any atom is -0.340 e. The lowest BCUT2D eigenvalue weighted by atomic mass is 10.1. The van der Waals surface area contributed by atoms with Crippen molar-refractivity contribution in [3.63, 3.8) is 0 Å². The van der Waals surface area contributed by atoms with Crippen molar-refractivity contribution in [3.05, 3.63) is 46.2 Å². The molecule has 1 aromatic heterocycles. The van der Waals surface area contributed by atoms with Gasteiger partial charge in [0.05, 0.1) is 0 Å². The maximum atomic E-state index is 12.2. The van der Waals surface area contributed by atoms with E-state index in [9.17, 15) is 9.59 Å². The molecule has 5 nitrogen and oxygen atoms in total. The summed E-state index contributed by atoms with van der Waals surface area (Å²) < 4.78 is 0. The van der Waals surface area contributed by atoms with E-state index in [0.717, 1.165) is 49.1 Å². The lowest BCUT2D eigenvalue weighted by molar-refractivity contribution is -0.133. The summed E-state index contributed by atoms with van der Waals surface area (Å²) in [5, 5.41) is 1.05. The molecule has 0 atom stereocenters. The van der Waals surface area contributed by atoms with E-state index in [0.29, 0.717) is 13.0 Å². The number of fused-ring (bicyclic) bond motifs is 1. The van der Waals surface area contributed by atoms with E-state index >= 15 is 0 Å². The molecule has 0 aliphatic carbocycles. The van der Waals surface area contributed by atoms with Gasteiger partial charge in [0, 0.05) is 50.2 Å². The molecule has 122 valence electrons. The number of pyridine rings is 1. The van der Waals surface area contributed by atoms with Crippen LogP contribution in [0.3, 0.4) is 0 Å². The number of carbonyl (C=O) groups is 1. The Labute approximate surface area is 135 Å². The monoisotopic (exact) mass is 313 g/mol. The van der Waals surface area contributed by atoms with Crippen molar-refractivity contribution >= 4 is 16.8 Å². The van der Waals surface area contributed by atoms with Crippen molar-refractivity contribution in [1.82, 2.24) is 14.8 Å². The third kappa shape index (κ3) is 3.62. The molecule has 1 fully saturated rings. The van der Waals surface area contributed by atoms with Gasteiger partial charge in [0.15, 0.2) is 0 Å². The number of amides is 1. The molecule has 0 unspecified atom stereocenters. The van der Waals surface area contributed by atoms with E-state index in [2.05, 4.69) is 9.88 Å². The van der Waals surface area contributed by atoms with Crippen LogP contribution in [0, 0.1) is 0 Å². The van der Waals surface area contributed by atoms with Crippen LogP contribution in [0.4, 0.5) is 0 Å². The predicted octanol–water partition coefficient (Wildman–Crippen LogP) is 1.97. The first-order chi connectivity index (χ1) is 11.2. The number of hydrogen-bond acceptors (Lipinski definition) is 3. The Morgan fingerprint density at radius 3 is 2.65 bits per heavy atom. The number of piperazine rings is 1. The van der Waals surface area contributed by atoms with Crippen LogP contribution in [0.25, 0.3) is 10.9 Å². The Bertz CT molecular complexity index is 745. The Kier molecular flexibility index (Phi) is 4.76. The number of aromatic nitrogens is 1. The molecule has 1 saturated heterocycles. The van der Waals surface area contributed by atoms with Crippen LogP contribution in [0.15, 0.2) is 35.1 Å². The van der Waals surface area contributed by atoms with Crippen LogP contribution in [-0.4, -0.2) is 46.9 Å². The number of benzene rings is 1. The van der Waals surface area contributed by atoms with Crippen LogP contribution in [0.2, 0.25) is 0 Å². The number of carbonyl (C=O) groups excluding carboxylic acids is 1. The van der Waals surface area contributed by atoms with E-state index in [-0.39, 0.29) is 11.5 Å². The number of rotatable bonds is 4. The fraction of sp³-hybridized carbons (Fsp3) is 0.444. The molecule has 1 aromatic carbocycles. The zero-order chi connectivity index (χ0) is 16.2. The van der Waals surface area contributed by atoms with Gasteiger partial charge in [-0.2, -0.15) is 0 Å². The van der Waals surface area contributed by atoms with Gasteiger partial charge >= 0.3 is 0 Å². The summed E-state index contributed by atoms with van der Waals surface area (Å²) in [7, 11) is 0. The summed E-state index contributed by atoms with van der Waals surface area (Å²) in [4.78, 5) is 31.3. The van der Waals surface area contributed by atoms with Crippen LogP contribution < -0.4 is 5.56 Å². The zero-order valence-corrected chi connectivity index (χ0v) is 13.5. The van der Waals surface area contributed by atoms with Gasteiger partial charge in [0.1, 0.15) is 0 Å². The highest BCUT2D eigenvalue weighted by molar-refractivity contribution is 5.78. The van der Waals surface area contributed by atoms with Gasteiger partial charge in [-0.25, -0.2) is 0 Å². The Balaban J connectivity index is 1.66. The second kappa shape index (κ2) is 6.96. The van der Waals surface area contributed by atoms with Crippen molar-refractivity contribution in [1.29, 1.82) is 0 Å². The normalized spacial score (nSPS) is 16.0. The zero-order valence-electron chi connectivity index (χ0n) is 13.5. The van der Waals surface area contributed by atoms with E-state index in [1.807, 2.05) is 42.2 Å². The van der Waals surface area contributed by atoms with Crippen molar-refractivity contribution in [2.75, 3.05) is 26.2 Å². The van der Waals surface area contributed by atoms with Gasteiger partial charge in [-0.1, -0.05) is 25.1 Å². The number of hydrogen-bond donors (Lipinski definition) is 1. The molecule has 1 aliphatic rings. The molecule has 0 spiro atoms. The molecule has 1 amide bonds. The smallest absolute Gasteiger partial charge is 0.252 e. The second-order valence-electron chi connectivity index (χ2n) is 6.12. The molecule has 1 N–H and O–H groups in total. The number of aromatic amines is 1. The SMILES string of the molecule is CCCC(=O)N1CCN(Cc2cc3ccccc3[nH]c2=O)CC1. The van der Waals surface area contributed by atoms with Crippen molar-refractivity contribution in [2.45, 2.75) is 26.3 Å². The van der Waals surface area contributed by atoms with Gasteiger partial charge in [-0.15, -0.1) is 0 Å². The fourth-order valence-corrected chi connectivity index (χ4v) is 3.08. The number of para-hydroxylation sites is 1. The fourth-order valence-electron chi connectivity index (χ4n) is 3.08. The highest BCUT2D eigenvalue weighted by atomic mass is 16.2. The average molecular weight is 313 g/mol. The second-order valence-corrected chi connectivity index (χ2v) is 6.12. The van der Waals surface area contributed by atoms with Crippen LogP contribution in [-0.2, 0) is 11.3 Å². The molecule has 2 heterocycles. The van der Waals surface area contributed by atoms with Gasteiger partial charge in [-0.3, -0.25) is 14.5 Å². The Morgan fingerprint density at radius 1 is 1.17 bits per heavy atom. The summed E-state index contributed by atoms with van der Waals surface area (Å²) in [5.41, 5.74) is 1.64. The molecule has 0 saturated carbocycles. The van der Waals surface area contributed by atoms with Gasteiger partial charge < -0.3 is 9.88 Å². The summed E-state index contributed by atoms with van der Waals surface area (Å²) in [6, 6.07) is 9.80. The summed E-state index contributed by atoms with van der Waals surface area (Å²) >= 11 is 0. The maximum absolute atomic E-state index is 12.2. The first-order valence-electron chi connectivity index (χ1n) is 8.28. The lowest BCUT2D eigenvalue weighted by Gasteiger charge is -2.34. The standard InChI is InChI=1S/C18H23N3O2/c1-2-5-17(22)21-10-8-20(9-11-21)13-15-12-14-6-3-4-7-16(14)19-18(15)23/h3-4,6-7,12H,2,5,8-11,13H2,1H3,(H,19,23). The molecule has 0 radical (unpaired) electrons. The van der Waals surface area contributed by atoms with Gasteiger partial charge in [-0.05, 0) is 23.9 Å². The predicted molar refractivity (Wildman–Crippen MR) is 91.3 cm³/mol. The summed E-state index contributed by atoms with van der Waals surface area (Å²) in [6.07, 6.45) is 1.52. The third-order valence-electron chi connectivity index (χ3n) is 4.41. The summed E-state index contributed by atoms with van der Waals surface area (Å²) in [5.74, 6) is 0.246. The van der Waals surface area contributed by atoms with E-state index in [1.165, 1.54) is 0 Å². The lowest BCUT2D eigenvalue weighted by Crippen LogP contribution is -2.48. The molecular formula is C18H23N3O2. The van der Waals surface area contributed by atoms with Crippen molar-refractivity contribution in [2.24, 2.45) is 0 Å². The van der Waals surface area contributed by atoms with Gasteiger partial charge in [0.25, 0.3) is 5.56 Å². The minimum absolute atomic E-state index is 0.0202. The largest absolute Gasteiger partial charge is 0.340 e. The molecular weight excluding hydrogens is 290 g/mol. The van der Waals surface area contributed by atoms with Crippen LogP contribution in [0.5, 0.6) is 0 Å². The molecule has 2 aromatic rings. The summed E-state index contributed by atoms with van der Waals surface area (Å²) in [6.45, 7) is 5.81. The molecule has 0 bridgehead atoms. The first kappa shape index (κ1) is 15.7. The Hall–Kier alpha value is -2.14. The molecule has 3 rings (SSSR count). The van der Waals surface area contributed by atoms with E-state index in [4.69, 9.17) is 0 Å². The number of nitrogens with zero attached hydrogens (tertiary/aromatic N) is 2. The van der Waals surface area contributed by atoms with Crippen LogP contribution >= 0.6 is 0 Å². The van der Waals surface area contributed by atoms with Crippen molar-refractivity contribution < 1.29 is 4.79 Å². The van der Waals surface area contributed by atoms with E-state index in [1.54, 1.807) is 0 Å².